The highest BCUT2D eigenvalue weighted by atomic mass is 32.1. The molecule has 0 spiro atoms. The van der Waals surface area contributed by atoms with Crippen LogP contribution in [-0.4, -0.2) is 58.7 Å². The quantitative estimate of drug-likeness (QED) is 0.229. The van der Waals surface area contributed by atoms with Gasteiger partial charge in [-0.15, -0.1) is 0 Å². The first kappa shape index (κ1) is 28.4. The standard InChI is InChI=1S/C23H36N4O5S/c1-5-14(4)19(23(31)32)27-22(30)18(13(2)3)26-21(29)17(25-20(28)16(24)12-33)11-15-9-7-6-8-10-15/h6-10,13-14,16-19,33H,5,11-12,24H2,1-4H3,(H,25,28)(H,26,29)(H,27,30)(H,31,32). The highest BCUT2D eigenvalue weighted by Crippen LogP contribution is 2.11. The molecule has 0 aliphatic carbocycles. The summed E-state index contributed by atoms with van der Waals surface area (Å²) in [6, 6.07) is 5.17. The molecule has 5 atom stereocenters. The highest BCUT2D eigenvalue weighted by Gasteiger charge is 2.33. The van der Waals surface area contributed by atoms with Gasteiger partial charge in [-0.25, -0.2) is 4.79 Å². The van der Waals surface area contributed by atoms with Crippen molar-refractivity contribution in [3.05, 3.63) is 35.9 Å². The molecule has 1 aromatic carbocycles. The third kappa shape index (κ3) is 9.05. The third-order valence-electron chi connectivity index (χ3n) is 5.47. The second-order valence-corrected chi connectivity index (χ2v) is 8.85. The number of nitrogens with two attached hydrogens (primary N) is 1. The molecule has 9 nitrogen and oxygen atoms in total. The predicted molar refractivity (Wildman–Crippen MR) is 130 cm³/mol. The van der Waals surface area contributed by atoms with Crippen molar-refractivity contribution in [2.75, 3.05) is 5.75 Å². The normalized spacial score (nSPS) is 15.6. The third-order valence-corrected chi connectivity index (χ3v) is 5.87. The van der Waals surface area contributed by atoms with Crippen molar-refractivity contribution in [2.24, 2.45) is 17.6 Å². The number of carbonyl (C=O) groups is 4. The summed E-state index contributed by atoms with van der Waals surface area (Å²) >= 11 is 4.02. The van der Waals surface area contributed by atoms with Gasteiger partial charge in [-0.1, -0.05) is 64.4 Å². The first-order valence-electron chi connectivity index (χ1n) is 11.1. The fraction of sp³-hybridized carbons (Fsp3) is 0.565. The second kappa shape index (κ2) is 13.8. The van der Waals surface area contributed by atoms with Crippen LogP contribution in [0.1, 0.15) is 39.7 Å². The molecule has 0 heterocycles. The first-order chi connectivity index (χ1) is 15.5. The maximum Gasteiger partial charge on any atom is 0.326 e. The van der Waals surface area contributed by atoms with Gasteiger partial charge in [-0.05, 0) is 17.4 Å². The average molecular weight is 481 g/mol. The van der Waals surface area contributed by atoms with E-state index in [-0.39, 0.29) is 24.0 Å². The van der Waals surface area contributed by atoms with E-state index in [2.05, 4.69) is 28.6 Å². The first-order valence-corrected chi connectivity index (χ1v) is 11.7. The van der Waals surface area contributed by atoms with Crippen molar-refractivity contribution in [1.29, 1.82) is 0 Å². The lowest BCUT2D eigenvalue weighted by atomic mass is 9.97. The number of carboxylic acids is 1. The lowest BCUT2D eigenvalue weighted by Gasteiger charge is -2.28. The molecule has 0 bridgehead atoms. The molecule has 184 valence electrons. The molecule has 0 aliphatic rings. The molecule has 0 aromatic heterocycles. The van der Waals surface area contributed by atoms with E-state index in [0.717, 1.165) is 5.56 Å². The van der Waals surface area contributed by atoms with Gasteiger partial charge in [0.25, 0.3) is 0 Å². The molecule has 5 unspecified atom stereocenters. The fourth-order valence-electron chi connectivity index (χ4n) is 3.14. The van der Waals surface area contributed by atoms with Crippen molar-refractivity contribution in [3.63, 3.8) is 0 Å². The minimum Gasteiger partial charge on any atom is -0.480 e. The van der Waals surface area contributed by atoms with Crippen LogP contribution in [-0.2, 0) is 25.6 Å². The number of amides is 3. The molecule has 1 rings (SSSR count). The Hall–Kier alpha value is -2.59. The Balaban J connectivity index is 3.06. The topological polar surface area (TPSA) is 151 Å². The van der Waals surface area contributed by atoms with E-state index in [1.165, 1.54) is 0 Å². The summed E-state index contributed by atoms with van der Waals surface area (Å²) in [6.45, 7) is 7.05. The van der Waals surface area contributed by atoms with Gasteiger partial charge in [0.05, 0.1) is 6.04 Å². The molecule has 6 N–H and O–H groups in total. The Morgan fingerprint density at radius 2 is 1.52 bits per heavy atom. The van der Waals surface area contributed by atoms with Crippen molar-refractivity contribution in [1.82, 2.24) is 16.0 Å². The minimum absolute atomic E-state index is 0.106. The number of benzene rings is 1. The molecular formula is C23H36N4O5S. The number of aliphatic carboxylic acids is 1. The number of rotatable bonds is 13. The second-order valence-electron chi connectivity index (χ2n) is 8.48. The Kier molecular flexibility index (Phi) is 11.9. The summed E-state index contributed by atoms with van der Waals surface area (Å²) in [5, 5.41) is 17.3. The van der Waals surface area contributed by atoms with Crippen molar-refractivity contribution in [2.45, 2.75) is 64.7 Å². The van der Waals surface area contributed by atoms with Gasteiger partial charge < -0.3 is 26.8 Å². The summed E-state index contributed by atoms with van der Waals surface area (Å²) in [5.74, 6) is -3.34. The molecule has 0 aliphatic heterocycles. The van der Waals surface area contributed by atoms with Gasteiger partial charge in [0, 0.05) is 12.2 Å². The Labute approximate surface area is 200 Å². The Morgan fingerprint density at radius 3 is 2.00 bits per heavy atom. The smallest absolute Gasteiger partial charge is 0.326 e. The molecule has 0 saturated carbocycles. The fourth-order valence-corrected chi connectivity index (χ4v) is 3.30. The van der Waals surface area contributed by atoms with E-state index in [4.69, 9.17) is 5.73 Å². The maximum absolute atomic E-state index is 13.1. The SMILES string of the molecule is CCC(C)C(NC(=O)C(NC(=O)C(Cc1ccccc1)NC(=O)C(N)CS)C(C)C)C(=O)O. The summed E-state index contributed by atoms with van der Waals surface area (Å²) in [6.07, 6.45) is 0.751. The monoisotopic (exact) mass is 480 g/mol. The predicted octanol–water partition coefficient (Wildman–Crippen LogP) is 0.727. The Bertz CT molecular complexity index is 805. The lowest BCUT2D eigenvalue weighted by molar-refractivity contribution is -0.144. The maximum atomic E-state index is 13.1. The number of hydrogen-bond donors (Lipinski definition) is 6. The summed E-state index contributed by atoms with van der Waals surface area (Å²) in [7, 11) is 0. The van der Waals surface area contributed by atoms with Crippen LogP contribution in [0.2, 0.25) is 0 Å². The number of thiol groups is 1. The van der Waals surface area contributed by atoms with Gasteiger partial charge in [0.1, 0.15) is 18.1 Å². The average Bonchev–Trinajstić information content (AvgIpc) is 2.79. The van der Waals surface area contributed by atoms with E-state index in [9.17, 15) is 24.3 Å². The van der Waals surface area contributed by atoms with Crippen LogP contribution in [0.5, 0.6) is 0 Å². The number of nitrogens with one attached hydrogen (secondary N) is 3. The van der Waals surface area contributed by atoms with E-state index >= 15 is 0 Å². The Morgan fingerprint density at radius 1 is 0.939 bits per heavy atom. The summed E-state index contributed by atoms with van der Waals surface area (Å²) < 4.78 is 0. The van der Waals surface area contributed by atoms with Crippen LogP contribution in [0.4, 0.5) is 0 Å². The van der Waals surface area contributed by atoms with E-state index in [0.29, 0.717) is 6.42 Å². The van der Waals surface area contributed by atoms with Crippen LogP contribution in [0.25, 0.3) is 0 Å². The zero-order valence-electron chi connectivity index (χ0n) is 19.6. The molecule has 10 heteroatoms. The van der Waals surface area contributed by atoms with Gasteiger partial charge >= 0.3 is 5.97 Å². The van der Waals surface area contributed by atoms with Gasteiger partial charge in [-0.3, -0.25) is 14.4 Å². The molecule has 3 amide bonds. The van der Waals surface area contributed by atoms with Crippen LogP contribution in [0.3, 0.4) is 0 Å². The summed E-state index contributed by atoms with van der Waals surface area (Å²) in [5.41, 5.74) is 6.55. The molecule has 0 saturated heterocycles. The molecule has 33 heavy (non-hydrogen) atoms. The van der Waals surface area contributed by atoms with E-state index in [1.54, 1.807) is 20.8 Å². The van der Waals surface area contributed by atoms with Crippen molar-refractivity contribution < 1.29 is 24.3 Å². The highest BCUT2D eigenvalue weighted by molar-refractivity contribution is 7.80. The molecule has 1 aromatic rings. The van der Waals surface area contributed by atoms with Crippen molar-refractivity contribution in [3.8, 4) is 0 Å². The summed E-state index contributed by atoms with van der Waals surface area (Å²) in [4.78, 5) is 50.0. The van der Waals surface area contributed by atoms with Crippen LogP contribution < -0.4 is 21.7 Å². The molecule has 0 fully saturated rings. The van der Waals surface area contributed by atoms with Crippen molar-refractivity contribution >= 4 is 36.3 Å². The number of hydrogen-bond acceptors (Lipinski definition) is 6. The molecule has 0 radical (unpaired) electrons. The minimum atomic E-state index is -1.14. The van der Waals surface area contributed by atoms with Gasteiger partial charge in [-0.2, -0.15) is 12.6 Å². The van der Waals surface area contributed by atoms with Crippen LogP contribution in [0.15, 0.2) is 30.3 Å². The van der Waals surface area contributed by atoms with Crippen LogP contribution in [0, 0.1) is 11.8 Å². The lowest BCUT2D eigenvalue weighted by Crippen LogP contribution is -2.59. The van der Waals surface area contributed by atoms with E-state index in [1.807, 2.05) is 37.3 Å². The largest absolute Gasteiger partial charge is 0.480 e. The van der Waals surface area contributed by atoms with E-state index < -0.39 is 47.9 Å². The zero-order valence-corrected chi connectivity index (χ0v) is 20.5. The number of carboxylic acid groups (broad SMARTS) is 1. The van der Waals surface area contributed by atoms with Crippen LogP contribution >= 0.6 is 12.6 Å². The number of carbonyl (C=O) groups excluding carboxylic acids is 3. The van der Waals surface area contributed by atoms with Gasteiger partial charge in [0.2, 0.25) is 17.7 Å². The van der Waals surface area contributed by atoms with Gasteiger partial charge in [0.15, 0.2) is 0 Å². The molecular weight excluding hydrogens is 444 g/mol. The zero-order chi connectivity index (χ0) is 25.1.